The van der Waals surface area contributed by atoms with Crippen LogP contribution in [0.3, 0.4) is 0 Å². The normalized spacial score (nSPS) is 55.6. The largest absolute Gasteiger partial charge is 0.383 e. The summed E-state index contributed by atoms with van der Waals surface area (Å²) in [6.07, 6.45) is 1.50. The van der Waals surface area contributed by atoms with E-state index in [4.69, 9.17) is 0 Å². The molecule has 78 valence electrons. The summed E-state index contributed by atoms with van der Waals surface area (Å²) in [6.45, 7) is 5.26. The van der Waals surface area contributed by atoms with Crippen LogP contribution < -0.4 is 0 Å². The fourth-order valence-corrected chi connectivity index (χ4v) is 4.23. The van der Waals surface area contributed by atoms with E-state index in [-0.39, 0.29) is 17.4 Å². The first kappa shape index (κ1) is 8.72. The molecule has 3 rings (SSSR count). The Morgan fingerprint density at radius 3 is 2.79 bits per heavy atom. The molecular weight excluding hydrogens is 178 g/mol. The molecule has 14 heavy (non-hydrogen) atoms. The van der Waals surface area contributed by atoms with Gasteiger partial charge in [0.2, 0.25) is 0 Å². The van der Waals surface area contributed by atoms with Crippen LogP contribution in [0.15, 0.2) is 0 Å². The van der Waals surface area contributed by atoms with Crippen molar-refractivity contribution < 1.29 is 9.90 Å². The van der Waals surface area contributed by atoms with Gasteiger partial charge < -0.3 is 10.0 Å². The van der Waals surface area contributed by atoms with Gasteiger partial charge in [-0.05, 0) is 31.6 Å². The lowest BCUT2D eigenvalue weighted by Crippen LogP contribution is -2.42. The summed E-state index contributed by atoms with van der Waals surface area (Å²) in [5.41, 5.74) is -0.0179. The van der Waals surface area contributed by atoms with Crippen LogP contribution in [0.5, 0.6) is 0 Å². The maximum absolute atomic E-state index is 11.8. The van der Waals surface area contributed by atoms with Crippen molar-refractivity contribution in [3.63, 3.8) is 0 Å². The third-order valence-corrected chi connectivity index (χ3v) is 4.93. The fraction of sp³-hybridized carbons (Fsp3) is 0.909. The fourth-order valence-electron chi connectivity index (χ4n) is 4.23. The quantitative estimate of drug-likeness (QED) is 0.615. The molecule has 2 heterocycles. The Labute approximate surface area is 84.1 Å². The van der Waals surface area contributed by atoms with E-state index in [1.54, 1.807) is 0 Å². The van der Waals surface area contributed by atoms with Crippen molar-refractivity contribution in [3.8, 4) is 0 Å². The summed E-state index contributed by atoms with van der Waals surface area (Å²) in [7, 11) is 0. The number of amides is 1. The minimum atomic E-state index is -0.711. The highest BCUT2D eigenvalue weighted by Gasteiger charge is 2.66. The second-order valence-corrected chi connectivity index (χ2v) is 5.39. The number of aliphatic hydroxyl groups excluding tert-OH is 1. The van der Waals surface area contributed by atoms with Gasteiger partial charge >= 0.3 is 0 Å². The molecule has 0 bridgehead atoms. The van der Waals surface area contributed by atoms with Crippen molar-refractivity contribution in [3.05, 3.63) is 0 Å². The van der Waals surface area contributed by atoms with E-state index in [0.717, 1.165) is 13.0 Å². The Bertz CT molecular complexity index is 304. The summed E-state index contributed by atoms with van der Waals surface area (Å²) in [4.78, 5) is 13.8. The summed E-state index contributed by atoms with van der Waals surface area (Å²) in [5.74, 6) is 1.41. The Morgan fingerprint density at radius 1 is 1.43 bits per heavy atom. The first-order chi connectivity index (χ1) is 6.56. The maximum Gasteiger partial charge on any atom is 0.252 e. The highest BCUT2D eigenvalue weighted by molar-refractivity contribution is 5.85. The lowest BCUT2D eigenvalue weighted by atomic mass is 9.80. The van der Waals surface area contributed by atoms with E-state index in [2.05, 4.69) is 13.8 Å². The van der Waals surface area contributed by atoms with Crippen molar-refractivity contribution in [2.75, 3.05) is 6.54 Å². The van der Waals surface area contributed by atoms with Crippen molar-refractivity contribution in [2.24, 2.45) is 17.8 Å². The van der Waals surface area contributed by atoms with Gasteiger partial charge in [-0.1, -0.05) is 6.92 Å². The average Bonchev–Trinajstić information content (AvgIpc) is 2.65. The number of rotatable bonds is 0. The van der Waals surface area contributed by atoms with E-state index in [1.807, 2.05) is 4.90 Å². The van der Waals surface area contributed by atoms with Gasteiger partial charge in [0.05, 0.1) is 0 Å². The monoisotopic (exact) mass is 195 g/mol. The minimum Gasteiger partial charge on any atom is -0.383 e. The van der Waals surface area contributed by atoms with Crippen LogP contribution in [0.25, 0.3) is 0 Å². The standard InChI is InChI=1S/C11H17NO2/c1-6-5-12-10(14)9(13)8-4-3-7(6)11(8,12)2/h6-9,13H,3-5H2,1-2H3/t6-,7+,8-,9+,11-/m0/s1. The Balaban J connectivity index is 2.09. The van der Waals surface area contributed by atoms with Gasteiger partial charge in [-0.2, -0.15) is 0 Å². The van der Waals surface area contributed by atoms with Gasteiger partial charge in [0.1, 0.15) is 6.10 Å². The topological polar surface area (TPSA) is 40.5 Å². The first-order valence-corrected chi connectivity index (χ1v) is 5.56. The van der Waals surface area contributed by atoms with Crippen molar-refractivity contribution in [1.29, 1.82) is 0 Å². The number of hydrogen-bond donors (Lipinski definition) is 1. The molecule has 1 aliphatic carbocycles. The molecular formula is C11H17NO2. The molecule has 3 fully saturated rings. The van der Waals surface area contributed by atoms with E-state index < -0.39 is 6.10 Å². The van der Waals surface area contributed by atoms with Gasteiger partial charge in [-0.15, -0.1) is 0 Å². The number of aliphatic hydroxyl groups is 1. The van der Waals surface area contributed by atoms with E-state index in [1.165, 1.54) is 6.42 Å². The molecule has 1 saturated carbocycles. The molecule has 5 atom stereocenters. The molecule has 0 aromatic carbocycles. The first-order valence-electron chi connectivity index (χ1n) is 5.56. The summed E-state index contributed by atoms with van der Waals surface area (Å²) < 4.78 is 0. The molecule has 0 spiro atoms. The van der Waals surface area contributed by atoms with Gasteiger partial charge in [-0.3, -0.25) is 4.79 Å². The van der Waals surface area contributed by atoms with Crippen molar-refractivity contribution in [2.45, 2.75) is 38.3 Å². The van der Waals surface area contributed by atoms with E-state index >= 15 is 0 Å². The van der Waals surface area contributed by atoms with Gasteiger partial charge in [0.15, 0.2) is 0 Å². The predicted octanol–water partition coefficient (Wildman–Crippen LogP) is 0.624. The molecule has 0 aromatic heterocycles. The molecule has 3 heteroatoms. The van der Waals surface area contributed by atoms with Crippen LogP contribution in [0.1, 0.15) is 26.7 Å². The third kappa shape index (κ3) is 0.691. The second-order valence-electron chi connectivity index (χ2n) is 5.39. The molecule has 3 aliphatic rings. The van der Waals surface area contributed by atoms with Crippen LogP contribution >= 0.6 is 0 Å². The van der Waals surface area contributed by atoms with Crippen LogP contribution in [0.4, 0.5) is 0 Å². The van der Waals surface area contributed by atoms with E-state index in [9.17, 15) is 9.90 Å². The zero-order chi connectivity index (χ0) is 10.1. The Hall–Kier alpha value is -0.570. The number of hydrogen-bond acceptors (Lipinski definition) is 2. The number of nitrogens with zero attached hydrogens (tertiary/aromatic N) is 1. The third-order valence-electron chi connectivity index (χ3n) is 4.93. The summed E-state index contributed by atoms with van der Waals surface area (Å²) in [5, 5.41) is 9.85. The smallest absolute Gasteiger partial charge is 0.252 e. The molecule has 2 saturated heterocycles. The maximum atomic E-state index is 11.8. The Morgan fingerprint density at radius 2 is 2.07 bits per heavy atom. The number of carbonyl (C=O) groups is 1. The zero-order valence-corrected chi connectivity index (χ0v) is 8.73. The molecule has 0 radical (unpaired) electrons. The molecule has 0 unspecified atom stereocenters. The Kier molecular flexibility index (Phi) is 1.45. The lowest BCUT2D eigenvalue weighted by molar-refractivity contribution is -0.136. The van der Waals surface area contributed by atoms with Gasteiger partial charge in [-0.25, -0.2) is 0 Å². The molecule has 2 aliphatic heterocycles. The molecule has 1 N–H and O–H groups in total. The lowest BCUT2D eigenvalue weighted by Gasteiger charge is -2.31. The van der Waals surface area contributed by atoms with Crippen LogP contribution in [-0.2, 0) is 4.79 Å². The van der Waals surface area contributed by atoms with E-state index in [0.29, 0.717) is 11.8 Å². The van der Waals surface area contributed by atoms with Gasteiger partial charge in [0, 0.05) is 18.0 Å². The van der Waals surface area contributed by atoms with Crippen LogP contribution in [0, 0.1) is 17.8 Å². The zero-order valence-electron chi connectivity index (χ0n) is 8.73. The van der Waals surface area contributed by atoms with Crippen LogP contribution in [0.2, 0.25) is 0 Å². The average molecular weight is 195 g/mol. The summed E-state index contributed by atoms with van der Waals surface area (Å²) in [6, 6.07) is 0. The minimum absolute atomic E-state index is 0.0179. The van der Waals surface area contributed by atoms with Gasteiger partial charge in [0.25, 0.3) is 5.91 Å². The van der Waals surface area contributed by atoms with Crippen molar-refractivity contribution in [1.82, 2.24) is 4.90 Å². The molecule has 1 amide bonds. The second kappa shape index (κ2) is 2.32. The summed E-state index contributed by atoms with van der Waals surface area (Å²) >= 11 is 0. The molecule has 0 aromatic rings. The highest BCUT2D eigenvalue weighted by Crippen LogP contribution is 2.57. The predicted molar refractivity (Wildman–Crippen MR) is 51.5 cm³/mol. The SMILES string of the molecule is C[C@H]1CN2C(=O)[C@H](O)[C@@H]3CC[C@H]1[C@@]32C. The number of carbonyl (C=O) groups excluding carboxylic acids is 1. The highest BCUT2D eigenvalue weighted by atomic mass is 16.3. The molecule has 3 nitrogen and oxygen atoms in total. The van der Waals surface area contributed by atoms with Crippen molar-refractivity contribution >= 4 is 5.91 Å². The van der Waals surface area contributed by atoms with Crippen LogP contribution in [-0.4, -0.2) is 34.1 Å².